The van der Waals surface area contributed by atoms with Gasteiger partial charge in [-0.2, -0.15) is 0 Å². The fraction of sp³-hybridized carbons (Fsp3) is 0.0732. The van der Waals surface area contributed by atoms with Crippen LogP contribution in [0.1, 0.15) is 29.2 Å². The first-order chi connectivity index (χ1) is 21.2. The number of fused-ring (bicyclic) bond motifs is 6. The first kappa shape index (κ1) is 28.0. The molecule has 0 bridgehead atoms. The Morgan fingerprint density at radius 1 is 0.628 bits per heavy atom. The summed E-state index contributed by atoms with van der Waals surface area (Å²) < 4.78 is 0. The van der Waals surface area contributed by atoms with Gasteiger partial charge in [-0.3, -0.25) is 0 Å². The molecule has 2 heteroatoms. The summed E-state index contributed by atoms with van der Waals surface area (Å²) in [5.74, 6) is 0. The highest BCUT2D eigenvalue weighted by molar-refractivity contribution is 6.25. The molecule has 43 heavy (non-hydrogen) atoms. The topological polar surface area (TPSA) is 38.0 Å². The van der Waals surface area contributed by atoms with Crippen molar-refractivity contribution in [1.29, 1.82) is 0 Å². The molecule has 0 heterocycles. The maximum Gasteiger partial charge on any atom is 0.0360 e. The van der Waals surface area contributed by atoms with E-state index in [2.05, 4.69) is 146 Å². The summed E-state index contributed by atoms with van der Waals surface area (Å²) in [5, 5.41) is 11.1. The molecule has 2 nitrogen and oxygen atoms in total. The van der Waals surface area contributed by atoms with Gasteiger partial charge in [0.25, 0.3) is 0 Å². The molecule has 0 saturated carbocycles. The van der Waals surface area contributed by atoms with Crippen molar-refractivity contribution < 1.29 is 0 Å². The average Bonchev–Trinajstić information content (AvgIpc) is 3.07. The van der Waals surface area contributed by atoms with Gasteiger partial charge in [0.1, 0.15) is 0 Å². The second-order valence-electron chi connectivity index (χ2n) is 10.7. The summed E-state index contributed by atoms with van der Waals surface area (Å²) >= 11 is 0. The Labute approximate surface area is 254 Å². The van der Waals surface area contributed by atoms with E-state index in [1.165, 1.54) is 37.9 Å². The summed E-state index contributed by atoms with van der Waals surface area (Å²) in [6.45, 7) is 7.79. The first-order valence-corrected chi connectivity index (χ1v) is 14.8. The second-order valence-corrected chi connectivity index (χ2v) is 10.7. The molecule has 0 saturated heterocycles. The normalized spacial score (nSPS) is 12.7. The number of rotatable bonds is 9. The Hall–Kier alpha value is -5.18. The Morgan fingerprint density at radius 3 is 1.86 bits per heavy atom. The van der Waals surface area contributed by atoms with E-state index in [9.17, 15) is 0 Å². The van der Waals surface area contributed by atoms with Crippen molar-refractivity contribution in [3.05, 3.63) is 174 Å². The third-order valence-corrected chi connectivity index (χ3v) is 8.03. The number of hydrogen-bond acceptors (Lipinski definition) is 2. The molecule has 0 spiro atoms. The van der Waals surface area contributed by atoms with Crippen LogP contribution >= 0.6 is 0 Å². The summed E-state index contributed by atoms with van der Waals surface area (Å²) in [5.41, 5.74) is 14.0. The highest BCUT2D eigenvalue weighted by Crippen LogP contribution is 2.38. The lowest BCUT2D eigenvalue weighted by Gasteiger charge is -2.15. The SMILES string of the molecule is C=C/C(=C(\C=C/C)c1ccc2c3ccccc3c3ccccc3c2c1)c1cccc(/C(N)=C/CNCc2ccccc2)c1. The quantitative estimate of drug-likeness (QED) is 0.0805. The van der Waals surface area contributed by atoms with Gasteiger partial charge in [0, 0.05) is 18.8 Å². The van der Waals surface area contributed by atoms with Crippen LogP contribution in [0.15, 0.2) is 152 Å². The van der Waals surface area contributed by atoms with Gasteiger partial charge in [-0.1, -0.05) is 134 Å². The van der Waals surface area contributed by atoms with Crippen LogP contribution < -0.4 is 11.1 Å². The molecule has 0 atom stereocenters. The van der Waals surface area contributed by atoms with Crippen LogP contribution in [0.3, 0.4) is 0 Å². The molecule has 6 aromatic carbocycles. The number of nitrogens with one attached hydrogen (secondary N) is 1. The molecule has 0 amide bonds. The minimum atomic E-state index is 0.693. The second kappa shape index (κ2) is 12.8. The fourth-order valence-electron chi connectivity index (χ4n) is 5.95. The average molecular weight is 557 g/mol. The van der Waals surface area contributed by atoms with E-state index in [4.69, 9.17) is 5.73 Å². The van der Waals surface area contributed by atoms with Crippen molar-refractivity contribution in [3.63, 3.8) is 0 Å². The molecule has 0 fully saturated rings. The Bertz CT molecular complexity index is 1990. The number of allylic oxidation sites excluding steroid dienone is 5. The van der Waals surface area contributed by atoms with Crippen LogP contribution in [0.4, 0.5) is 0 Å². The van der Waals surface area contributed by atoms with Gasteiger partial charge in [0.15, 0.2) is 0 Å². The zero-order chi connectivity index (χ0) is 29.6. The maximum absolute atomic E-state index is 6.56. The standard InChI is InChI=1S/C41H36N2/c1-3-13-34(31-22-23-39-37-20-9-8-18-35(37)36-19-10-11-21-38(36)40(39)27-31)33(4-2)30-16-12-17-32(26-30)41(42)24-25-43-28-29-14-6-5-7-15-29/h3-24,26-27,43H,2,25,28,42H2,1H3/b13-3-,34-33-,41-24-. The maximum atomic E-state index is 6.56. The van der Waals surface area contributed by atoms with Crippen molar-refractivity contribution in [2.45, 2.75) is 13.5 Å². The van der Waals surface area contributed by atoms with Crippen LogP contribution in [0, 0.1) is 0 Å². The van der Waals surface area contributed by atoms with Crippen LogP contribution in [0.5, 0.6) is 0 Å². The molecular weight excluding hydrogens is 520 g/mol. The van der Waals surface area contributed by atoms with E-state index < -0.39 is 0 Å². The van der Waals surface area contributed by atoms with E-state index in [0.29, 0.717) is 6.54 Å². The minimum absolute atomic E-state index is 0.693. The summed E-state index contributed by atoms with van der Waals surface area (Å²) in [4.78, 5) is 0. The number of nitrogens with two attached hydrogens (primary N) is 1. The molecule has 6 rings (SSSR count). The number of hydrogen-bond donors (Lipinski definition) is 2. The van der Waals surface area contributed by atoms with E-state index in [1.54, 1.807) is 0 Å². The smallest absolute Gasteiger partial charge is 0.0360 e. The van der Waals surface area contributed by atoms with Crippen LogP contribution in [-0.2, 0) is 6.54 Å². The highest BCUT2D eigenvalue weighted by atomic mass is 14.8. The van der Waals surface area contributed by atoms with Crippen LogP contribution in [0.25, 0.3) is 49.2 Å². The highest BCUT2D eigenvalue weighted by Gasteiger charge is 2.13. The first-order valence-electron chi connectivity index (χ1n) is 14.8. The largest absolute Gasteiger partial charge is 0.398 e. The molecule has 0 aromatic heterocycles. The molecule has 0 aliphatic carbocycles. The third-order valence-electron chi connectivity index (χ3n) is 8.03. The molecule has 210 valence electrons. The Balaban J connectivity index is 1.39. The zero-order valence-electron chi connectivity index (χ0n) is 24.6. The van der Waals surface area contributed by atoms with Crippen molar-refractivity contribution in [3.8, 4) is 0 Å². The lowest BCUT2D eigenvalue weighted by atomic mass is 9.89. The monoisotopic (exact) mass is 556 g/mol. The van der Waals surface area contributed by atoms with Gasteiger partial charge < -0.3 is 11.1 Å². The van der Waals surface area contributed by atoms with E-state index in [-0.39, 0.29) is 0 Å². The molecule has 3 N–H and O–H groups in total. The van der Waals surface area contributed by atoms with Gasteiger partial charge in [-0.15, -0.1) is 0 Å². The van der Waals surface area contributed by atoms with E-state index in [0.717, 1.165) is 40.1 Å². The van der Waals surface area contributed by atoms with Crippen LogP contribution in [0.2, 0.25) is 0 Å². The van der Waals surface area contributed by atoms with Crippen molar-refractivity contribution in [2.75, 3.05) is 6.54 Å². The van der Waals surface area contributed by atoms with Crippen molar-refractivity contribution >= 4 is 49.2 Å². The Morgan fingerprint density at radius 2 is 1.21 bits per heavy atom. The molecule has 0 aliphatic heterocycles. The summed E-state index contributed by atoms with van der Waals surface area (Å²) in [6.07, 6.45) is 8.28. The molecule has 0 radical (unpaired) electrons. The van der Waals surface area contributed by atoms with E-state index >= 15 is 0 Å². The molecule has 6 aromatic rings. The van der Waals surface area contributed by atoms with Gasteiger partial charge in [0.2, 0.25) is 0 Å². The molecule has 0 unspecified atom stereocenters. The zero-order valence-corrected chi connectivity index (χ0v) is 24.6. The van der Waals surface area contributed by atoms with Crippen LogP contribution in [-0.4, -0.2) is 6.54 Å². The third kappa shape index (κ3) is 5.79. The minimum Gasteiger partial charge on any atom is -0.398 e. The fourth-order valence-corrected chi connectivity index (χ4v) is 5.95. The lowest BCUT2D eigenvalue weighted by molar-refractivity contribution is 0.760. The molecule has 0 aliphatic rings. The summed E-state index contributed by atoms with van der Waals surface area (Å²) in [7, 11) is 0. The molecular formula is C41H36N2. The lowest BCUT2D eigenvalue weighted by Crippen LogP contribution is -2.14. The van der Waals surface area contributed by atoms with E-state index in [1.807, 2.05) is 18.2 Å². The Kier molecular flexibility index (Phi) is 8.31. The van der Waals surface area contributed by atoms with Crippen molar-refractivity contribution in [2.24, 2.45) is 5.73 Å². The predicted molar refractivity (Wildman–Crippen MR) is 188 cm³/mol. The van der Waals surface area contributed by atoms with Gasteiger partial charge in [0.05, 0.1) is 0 Å². The summed E-state index contributed by atoms with van der Waals surface area (Å²) in [6, 6.07) is 43.0. The predicted octanol–water partition coefficient (Wildman–Crippen LogP) is 9.91. The van der Waals surface area contributed by atoms with Crippen molar-refractivity contribution in [1.82, 2.24) is 5.32 Å². The van der Waals surface area contributed by atoms with Gasteiger partial charge in [-0.05, 0) is 90.8 Å². The van der Waals surface area contributed by atoms with Gasteiger partial charge in [-0.25, -0.2) is 0 Å². The number of benzene rings is 6. The van der Waals surface area contributed by atoms with Gasteiger partial charge >= 0.3 is 0 Å².